The first-order chi connectivity index (χ1) is 16.4. The van der Waals surface area contributed by atoms with E-state index in [1.54, 1.807) is 14.0 Å². The minimum absolute atomic E-state index is 0.446. The predicted molar refractivity (Wildman–Crippen MR) is 128 cm³/mol. The summed E-state index contributed by atoms with van der Waals surface area (Å²) in [7, 11) is 1.58. The van der Waals surface area contributed by atoms with Gasteiger partial charge >= 0.3 is 0 Å². The molecule has 1 heterocycles. The Bertz CT molecular complexity index is 1300. The first-order valence-corrected chi connectivity index (χ1v) is 11.3. The molecular weight excluding hydrogens is 458 g/mol. The van der Waals surface area contributed by atoms with Crippen molar-refractivity contribution in [2.75, 3.05) is 12.4 Å². The summed E-state index contributed by atoms with van der Waals surface area (Å²) in [6, 6.07) is 18.6. The monoisotopic (exact) mass is 480 g/mol. The Hall–Kier alpha value is -3.72. The van der Waals surface area contributed by atoms with E-state index in [0.717, 1.165) is 40.7 Å². The van der Waals surface area contributed by atoms with Crippen molar-refractivity contribution in [1.29, 1.82) is 0 Å². The van der Waals surface area contributed by atoms with Crippen LogP contribution in [-0.4, -0.2) is 33.0 Å². The van der Waals surface area contributed by atoms with Crippen molar-refractivity contribution in [3.05, 3.63) is 83.9 Å². The zero-order valence-corrected chi connectivity index (χ0v) is 19.6. The zero-order chi connectivity index (χ0) is 24.2. The molecule has 0 aliphatic heterocycles. The smallest absolute Gasteiger partial charge is 0.237 e. The Morgan fingerprint density at radius 2 is 1.68 bits per heavy atom. The van der Waals surface area contributed by atoms with Gasteiger partial charge in [0.15, 0.2) is 11.0 Å². The fourth-order valence-corrected chi connectivity index (χ4v) is 4.20. The highest BCUT2D eigenvalue weighted by Crippen LogP contribution is 2.34. The summed E-state index contributed by atoms with van der Waals surface area (Å²) in [5.41, 5.74) is 2.14. The van der Waals surface area contributed by atoms with Gasteiger partial charge in [-0.1, -0.05) is 47.7 Å². The second-order valence-electron chi connectivity index (χ2n) is 7.52. The van der Waals surface area contributed by atoms with Crippen molar-refractivity contribution in [2.45, 2.75) is 24.3 Å². The molecule has 174 valence electrons. The maximum Gasteiger partial charge on any atom is 0.237 e. The lowest BCUT2D eigenvalue weighted by Crippen LogP contribution is -2.24. The molecule has 0 saturated heterocycles. The highest BCUT2D eigenvalue weighted by Gasteiger charge is 2.24. The lowest BCUT2D eigenvalue weighted by molar-refractivity contribution is -0.115. The molecule has 0 radical (unpaired) electrons. The number of amides is 1. The summed E-state index contributed by atoms with van der Waals surface area (Å²) in [5, 5.41) is 10.8. The van der Waals surface area contributed by atoms with Crippen molar-refractivity contribution in [3.63, 3.8) is 0 Å². The number of hydrogen-bond acceptors (Lipinski definition) is 5. The van der Waals surface area contributed by atoms with E-state index in [1.165, 1.54) is 6.07 Å². The third-order valence-corrected chi connectivity index (χ3v) is 6.18. The molecule has 0 saturated carbocycles. The van der Waals surface area contributed by atoms with Crippen LogP contribution in [0.2, 0.25) is 0 Å². The number of thioether (sulfide) groups is 1. The standard InChI is InChI=1S/C25H22F2N4O2S/c1-15-11-13-17(14-12-15)31-23(18-7-4-5-10-21(18)33-3)29-30-25(31)34-16(2)24(32)28-22-19(26)8-6-9-20(22)27/h4-14,16H,1-3H3,(H,28,32). The van der Waals surface area contributed by atoms with E-state index in [2.05, 4.69) is 15.5 Å². The largest absolute Gasteiger partial charge is 0.496 e. The molecule has 3 aromatic carbocycles. The molecule has 0 fully saturated rings. The fourth-order valence-electron chi connectivity index (χ4n) is 3.33. The Kier molecular flexibility index (Phi) is 6.93. The number of aryl methyl sites for hydroxylation is 1. The quantitative estimate of drug-likeness (QED) is 0.346. The van der Waals surface area contributed by atoms with Gasteiger partial charge < -0.3 is 10.1 Å². The molecule has 1 N–H and O–H groups in total. The molecule has 0 aliphatic rings. The molecule has 1 aromatic heterocycles. The van der Waals surface area contributed by atoms with Gasteiger partial charge in [-0.15, -0.1) is 10.2 Å². The summed E-state index contributed by atoms with van der Waals surface area (Å²) in [5.74, 6) is -1.08. The minimum Gasteiger partial charge on any atom is -0.496 e. The summed E-state index contributed by atoms with van der Waals surface area (Å²) >= 11 is 1.13. The van der Waals surface area contributed by atoms with Crippen LogP contribution in [0.5, 0.6) is 5.75 Å². The molecule has 0 aliphatic carbocycles. The Balaban J connectivity index is 1.70. The predicted octanol–water partition coefficient (Wildman–Crippen LogP) is 5.65. The number of carbonyl (C=O) groups excluding carboxylic acids is 1. The van der Waals surface area contributed by atoms with Crippen LogP contribution in [0.1, 0.15) is 12.5 Å². The van der Waals surface area contributed by atoms with Gasteiger partial charge in [-0.05, 0) is 50.2 Å². The number of rotatable bonds is 7. The van der Waals surface area contributed by atoms with E-state index in [0.29, 0.717) is 16.7 Å². The number of methoxy groups -OCH3 is 1. The summed E-state index contributed by atoms with van der Waals surface area (Å²) < 4.78 is 35.3. The average Bonchev–Trinajstić information content (AvgIpc) is 3.25. The number of anilines is 1. The highest BCUT2D eigenvalue weighted by atomic mass is 32.2. The van der Waals surface area contributed by atoms with Crippen LogP contribution in [0.15, 0.2) is 71.9 Å². The molecule has 1 unspecified atom stereocenters. The maximum absolute atomic E-state index is 14.0. The summed E-state index contributed by atoms with van der Waals surface area (Å²) in [6.45, 7) is 3.62. The molecule has 0 bridgehead atoms. The van der Waals surface area contributed by atoms with Gasteiger partial charge in [0.2, 0.25) is 5.91 Å². The Labute approximate surface area is 200 Å². The lowest BCUT2D eigenvalue weighted by atomic mass is 10.1. The van der Waals surface area contributed by atoms with Crippen LogP contribution in [0.4, 0.5) is 14.5 Å². The van der Waals surface area contributed by atoms with Crippen molar-refractivity contribution < 1.29 is 18.3 Å². The second-order valence-corrected chi connectivity index (χ2v) is 8.83. The third-order valence-electron chi connectivity index (χ3n) is 5.14. The number of hydrogen-bond donors (Lipinski definition) is 1. The number of carbonyl (C=O) groups is 1. The van der Waals surface area contributed by atoms with E-state index in [4.69, 9.17) is 4.74 Å². The molecule has 1 atom stereocenters. The van der Waals surface area contributed by atoms with Gasteiger partial charge in [0.25, 0.3) is 0 Å². The Morgan fingerprint density at radius 3 is 2.35 bits per heavy atom. The van der Waals surface area contributed by atoms with E-state index < -0.39 is 28.5 Å². The van der Waals surface area contributed by atoms with E-state index in [-0.39, 0.29) is 0 Å². The highest BCUT2D eigenvalue weighted by molar-refractivity contribution is 8.00. The fraction of sp³-hybridized carbons (Fsp3) is 0.160. The third kappa shape index (κ3) is 4.79. The van der Waals surface area contributed by atoms with Crippen LogP contribution in [0.25, 0.3) is 17.1 Å². The normalized spacial score (nSPS) is 11.8. The topological polar surface area (TPSA) is 69.0 Å². The zero-order valence-electron chi connectivity index (χ0n) is 18.8. The minimum atomic E-state index is -0.841. The van der Waals surface area contributed by atoms with Gasteiger partial charge in [0.05, 0.1) is 17.9 Å². The van der Waals surface area contributed by atoms with Crippen molar-refractivity contribution >= 4 is 23.4 Å². The number of aromatic nitrogens is 3. The van der Waals surface area contributed by atoms with Crippen molar-refractivity contribution in [3.8, 4) is 22.8 Å². The van der Waals surface area contributed by atoms with Crippen molar-refractivity contribution in [1.82, 2.24) is 14.8 Å². The first kappa shape index (κ1) is 23.4. The number of para-hydroxylation sites is 2. The maximum atomic E-state index is 14.0. The number of halogens is 2. The molecule has 1 amide bonds. The van der Waals surface area contributed by atoms with E-state index >= 15 is 0 Å². The van der Waals surface area contributed by atoms with Gasteiger partial charge in [-0.2, -0.15) is 0 Å². The average molecular weight is 481 g/mol. The van der Waals surface area contributed by atoms with Crippen LogP contribution in [0, 0.1) is 18.6 Å². The van der Waals surface area contributed by atoms with E-state index in [1.807, 2.05) is 60.0 Å². The van der Waals surface area contributed by atoms with Gasteiger partial charge in [0, 0.05) is 5.69 Å². The molecule has 9 heteroatoms. The molecule has 4 aromatic rings. The number of nitrogens with zero attached hydrogens (tertiary/aromatic N) is 3. The molecule has 34 heavy (non-hydrogen) atoms. The summed E-state index contributed by atoms with van der Waals surface area (Å²) in [4.78, 5) is 12.7. The van der Waals surface area contributed by atoms with Gasteiger partial charge in [-0.3, -0.25) is 9.36 Å². The van der Waals surface area contributed by atoms with Crippen LogP contribution in [0.3, 0.4) is 0 Å². The van der Waals surface area contributed by atoms with Crippen LogP contribution in [-0.2, 0) is 4.79 Å². The Morgan fingerprint density at radius 1 is 1.00 bits per heavy atom. The number of ether oxygens (including phenoxy) is 1. The van der Waals surface area contributed by atoms with E-state index in [9.17, 15) is 13.6 Å². The van der Waals surface area contributed by atoms with Crippen LogP contribution >= 0.6 is 11.8 Å². The SMILES string of the molecule is COc1ccccc1-c1nnc(SC(C)C(=O)Nc2c(F)cccc2F)n1-c1ccc(C)cc1. The first-order valence-electron chi connectivity index (χ1n) is 10.5. The molecule has 6 nitrogen and oxygen atoms in total. The van der Waals surface area contributed by atoms with Crippen molar-refractivity contribution in [2.24, 2.45) is 0 Å². The van der Waals surface area contributed by atoms with Gasteiger partial charge in [0.1, 0.15) is 23.1 Å². The molecule has 0 spiro atoms. The number of nitrogens with one attached hydrogen (secondary N) is 1. The van der Waals surface area contributed by atoms with Crippen LogP contribution < -0.4 is 10.1 Å². The molecular formula is C25H22F2N4O2S. The number of benzene rings is 3. The molecule has 4 rings (SSSR count). The second kappa shape index (κ2) is 10.0. The lowest BCUT2D eigenvalue weighted by Gasteiger charge is -2.15. The summed E-state index contributed by atoms with van der Waals surface area (Å²) in [6.07, 6.45) is 0. The van der Waals surface area contributed by atoms with Gasteiger partial charge in [-0.25, -0.2) is 8.78 Å².